The van der Waals surface area contributed by atoms with E-state index in [1.165, 1.54) is 77.0 Å². The van der Waals surface area contributed by atoms with Gasteiger partial charge in [-0.05, 0) is 149 Å². The quantitative estimate of drug-likeness (QED) is 0.524. The molecule has 0 aromatic rings. The highest BCUT2D eigenvalue weighted by molar-refractivity contribution is 5.78. The molecule has 0 aromatic heterocycles. The lowest BCUT2D eigenvalue weighted by atomic mass is 9.49. The normalized spacial score (nSPS) is 50.4. The van der Waals surface area contributed by atoms with Crippen LogP contribution in [0.15, 0.2) is 0 Å². The van der Waals surface area contributed by atoms with Gasteiger partial charge in [-0.2, -0.15) is 0 Å². The average Bonchev–Trinajstić information content (AvgIpc) is 2.72. The van der Waals surface area contributed by atoms with Gasteiger partial charge < -0.3 is 10.6 Å². The average molecular weight is 467 g/mol. The van der Waals surface area contributed by atoms with E-state index in [1.807, 2.05) is 0 Å². The Balaban J connectivity index is 0.864. The van der Waals surface area contributed by atoms with Crippen LogP contribution in [0.1, 0.15) is 116 Å². The van der Waals surface area contributed by atoms with Gasteiger partial charge in [0.15, 0.2) is 0 Å². The van der Waals surface area contributed by atoms with E-state index >= 15 is 0 Å². The first kappa shape index (κ1) is 22.2. The molecule has 8 bridgehead atoms. The Kier molecular flexibility index (Phi) is 5.37. The molecule has 9 fully saturated rings. The first-order valence-electron chi connectivity index (χ1n) is 15.0. The number of amides is 2. The molecule has 34 heavy (non-hydrogen) atoms. The summed E-state index contributed by atoms with van der Waals surface area (Å²) < 4.78 is 0. The number of hydrogen-bond acceptors (Lipinski definition) is 2. The molecule has 0 heterocycles. The van der Waals surface area contributed by atoms with Crippen LogP contribution in [0, 0.1) is 46.3 Å². The maximum Gasteiger partial charge on any atom is 0.220 e. The van der Waals surface area contributed by atoms with Gasteiger partial charge in [-0.3, -0.25) is 9.59 Å². The first-order valence-corrected chi connectivity index (χ1v) is 15.0. The van der Waals surface area contributed by atoms with Crippen molar-refractivity contribution in [3.63, 3.8) is 0 Å². The third-order valence-electron chi connectivity index (χ3n) is 11.9. The van der Waals surface area contributed by atoms with Crippen LogP contribution in [0.2, 0.25) is 0 Å². The van der Waals surface area contributed by atoms with E-state index in [0.717, 1.165) is 74.0 Å². The molecule has 9 rings (SSSR count). The third kappa shape index (κ3) is 4.23. The molecular formula is C30H46N2O2. The van der Waals surface area contributed by atoms with Gasteiger partial charge in [0, 0.05) is 24.9 Å². The van der Waals surface area contributed by atoms with E-state index in [1.54, 1.807) is 0 Å². The molecule has 188 valence electrons. The fourth-order valence-electron chi connectivity index (χ4n) is 11.6. The van der Waals surface area contributed by atoms with Crippen LogP contribution >= 0.6 is 0 Å². The second-order valence-electron chi connectivity index (χ2n) is 14.9. The van der Waals surface area contributed by atoms with Gasteiger partial charge in [-0.15, -0.1) is 0 Å². The van der Waals surface area contributed by atoms with Crippen LogP contribution in [-0.4, -0.2) is 23.9 Å². The van der Waals surface area contributed by atoms with Crippen molar-refractivity contribution in [3.8, 4) is 0 Å². The van der Waals surface area contributed by atoms with Crippen LogP contribution < -0.4 is 10.6 Å². The second kappa shape index (κ2) is 8.23. The number of carbonyl (C=O) groups excluding carboxylic acids is 2. The predicted molar refractivity (Wildman–Crippen MR) is 133 cm³/mol. The van der Waals surface area contributed by atoms with Gasteiger partial charge in [-0.1, -0.05) is 0 Å². The topological polar surface area (TPSA) is 58.2 Å². The number of hydrogen-bond donors (Lipinski definition) is 2. The monoisotopic (exact) mass is 466 g/mol. The zero-order chi connectivity index (χ0) is 22.9. The largest absolute Gasteiger partial charge is 0.353 e. The molecule has 9 aliphatic rings. The molecule has 9 aliphatic carbocycles. The summed E-state index contributed by atoms with van der Waals surface area (Å²) in [6.07, 6.45) is 22.2. The highest BCUT2D eigenvalue weighted by Gasteiger charge is 2.52. The second-order valence-corrected chi connectivity index (χ2v) is 14.9. The molecule has 0 unspecified atom stereocenters. The third-order valence-corrected chi connectivity index (χ3v) is 11.9. The number of nitrogens with one attached hydrogen (secondary N) is 2. The van der Waals surface area contributed by atoms with Crippen molar-refractivity contribution < 1.29 is 9.59 Å². The summed E-state index contributed by atoms with van der Waals surface area (Å²) in [4.78, 5) is 26.1. The highest BCUT2D eigenvalue weighted by atomic mass is 16.2. The Morgan fingerprint density at radius 3 is 1.03 bits per heavy atom. The summed E-state index contributed by atoms with van der Waals surface area (Å²) in [7, 11) is 0. The smallest absolute Gasteiger partial charge is 0.220 e. The van der Waals surface area contributed by atoms with Gasteiger partial charge in [0.1, 0.15) is 0 Å². The molecule has 2 amide bonds. The Morgan fingerprint density at radius 1 is 0.500 bits per heavy atom. The van der Waals surface area contributed by atoms with Crippen LogP contribution in [0.3, 0.4) is 0 Å². The molecule has 4 heteroatoms. The summed E-state index contributed by atoms with van der Waals surface area (Å²) in [6.45, 7) is 0. The van der Waals surface area contributed by atoms with E-state index < -0.39 is 0 Å². The van der Waals surface area contributed by atoms with Gasteiger partial charge >= 0.3 is 0 Å². The van der Waals surface area contributed by atoms with Crippen molar-refractivity contribution in [1.82, 2.24) is 10.6 Å². The summed E-state index contributed by atoms with van der Waals surface area (Å²) in [6, 6.07) is 0.635. The van der Waals surface area contributed by atoms with Crippen molar-refractivity contribution in [3.05, 3.63) is 0 Å². The number of rotatable bonds is 6. The predicted octanol–water partition coefficient (Wildman–Crippen LogP) is 5.74. The Hall–Kier alpha value is -1.06. The molecule has 0 aromatic carbocycles. The standard InChI is InChI=1S/C30H46N2O2/c33-27(17-29-11-19-5-20(12-29)7-21(6-19)13-29)31-25-1-2-26(4-3-25)32-28(34)18-30-14-22-8-23(15-30)10-24(9-22)16-30/h19-26H,1-18H2,(H,31,33)(H,32,34). The Bertz CT molecular complexity index is 687. The SMILES string of the molecule is O=C(CC12CC3CC(CC(C3)C1)C2)NC1CCC(NC(=O)CC23CC4CC(CC(C4)C2)C3)CC1. The van der Waals surface area contributed by atoms with Gasteiger partial charge in [0.2, 0.25) is 11.8 Å². The maximum absolute atomic E-state index is 13.0. The Morgan fingerprint density at radius 2 is 0.765 bits per heavy atom. The minimum absolute atomic E-state index is 0.316. The van der Waals surface area contributed by atoms with E-state index in [9.17, 15) is 9.59 Å². The molecule has 0 saturated heterocycles. The molecule has 0 aliphatic heterocycles. The molecule has 2 N–H and O–H groups in total. The van der Waals surface area contributed by atoms with E-state index in [-0.39, 0.29) is 0 Å². The van der Waals surface area contributed by atoms with E-state index in [0.29, 0.717) is 34.7 Å². The fraction of sp³-hybridized carbons (Fsp3) is 0.933. The van der Waals surface area contributed by atoms with Crippen LogP contribution in [-0.2, 0) is 9.59 Å². The first-order chi connectivity index (χ1) is 16.4. The van der Waals surface area contributed by atoms with Gasteiger partial charge in [0.05, 0.1) is 0 Å². The van der Waals surface area contributed by atoms with Crippen molar-refractivity contribution in [2.75, 3.05) is 0 Å². The van der Waals surface area contributed by atoms with E-state index in [2.05, 4.69) is 10.6 Å². The van der Waals surface area contributed by atoms with Crippen molar-refractivity contribution >= 4 is 11.8 Å². The zero-order valence-corrected chi connectivity index (χ0v) is 21.2. The molecular weight excluding hydrogens is 420 g/mol. The summed E-state index contributed by atoms with van der Waals surface area (Å²) in [5.74, 6) is 6.11. The molecule has 4 nitrogen and oxygen atoms in total. The van der Waals surface area contributed by atoms with E-state index in [4.69, 9.17) is 0 Å². The molecule has 9 saturated carbocycles. The van der Waals surface area contributed by atoms with Gasteiger partial charge in [0.25, 0.3) is 0 Å². The van der Waals surface area contributed by atoms with Crippen LogP contribution in [0.25, 0.3) is 0 Å². The fourth-order valence-corrected chi connectivity index (χ4v) is 11.6. The lowest BCUT2D eigenvalue weighted by Gasteiger charge is -2.56. The molecule has 0 radical (unpaired) electrons. The minimum Gasteiger partial charge on any atom is -0.353 e. The lowest BCUT2D eigenvalue weighted by Crippen LogP contribution is -2.50. The Labute approximate surface area is 206 Å². The lowest BCUT2D eigenvalue weighted by molar-refractivity contribution is -0.132. The van der Waals surface area contributed by atoms with Crippen LogP contribution in [0.4, 0.5) is 0 Å². The van der Waals surface area contributed by atoms with Crippen molar-refractivity contribution in [2.45, 2.75) is 128 Å². The zero-order valence-electron chi connectivity index (χ0n) is 21.2. The summed E-state index contributed by atoms with van der Waals surface area (Å²) >= 11 is 0. The number of carbonyl (C=O) groups is 2. The minimum atomic E-state index is 0.316. The van der Waals surface area contributed by atoms with Crippen molar-refractivity contribution in [2.24, 2.45) is 46.3 Å². The molecule has 0 spiro atoms. The summed E-state index contributed by atoms with van der Waals surface area (Å²) in [5.41, 5.74) is 0.669. The van der Waals surface area contributed by atoms with Gasteiger partial charge in [-0.25, -0.2) is 0 Å². The maximum atomic E-state index is 13.0. The summed E-state index contributed by atoms with van der Waals surface area (Å²) in [5, 5.41) is 6.84. The highest BCUT2D eigenvalue weighted by Crippen LogP contribution is 2.62. The molecule has 0 atom stereocenters. The van der Waals surface area contributed by atoms with Crippen LogP contribution in [0.5, 0.6) is 0 Å². The van der Waals surface area contributed by atoms with Crippen molar-refractivity contribution in [1.29, 1.82) is 0 Å².